The summed E-state index contributed by atoms with van der Waals surface area (Å²) < 4.78 is 1.17. The summed E-state index contributed by atoms with van der Waals surface area (Å²) in [6.45, 7) is 1.63. The molecule has 0 aliphatic carbocycles. The van der Waals surface area contributed by atoms with Gasteiger partial charge in [-0.3, -0.25) is 9.59 Å². The molecular weight excluding hydrogens is 386 g/mol. The highest BCUT2D eigenvalue weighted by atomic mass is 35.5. The molecule has 3 aromatic carbocycles. The molecule has 1 heterocycles. The summed E-state index contributed by atoms with van der Waals surface area (Å²) in [4.78, 5) is 24.7. The first-order valence-corrected chi connectivity index (χ1v) is 9.51. The molecule has 0 spiro atoms. The van der Waals surface area contributed by atoms with E-state index in [1.165, 1.54) is 10.7 Å². The molecule has 4 aromatic rings. The Morgan fingerprint density at radius 3 is 2.62 bits per heavy atom. The van der Waals surface area contributed by atoms with Crippen molar-refractivity contribution in [3.8, 4) is 11.3 Å². The van der Waals surface area contributed by atoms with Gasteiger partial charge in [0.05, 0.1) is 5.69 Å². The van der Waals surface area contributed by atoms with Crippen molar-refractivity contribution >= 4 is 34.0 Å². The van der Waals surface area contributed by atoms with Crippen LogP contribution in [-0.4, -0.2) is 15.7 Å². The van der Waals surface area contributed by atoms with E-state index in [2.05, 4.69) is 10.4 Å². The molecule has 0 atom stereocenters. The number of carbonyl (C=O) groups is 1. The van der Waals surface area contributed by atoms with Crippen LogP contribution in [-0.2, 0) is 11.3 Å². The second kappa shape index (κ2) is 7.89. The van der Waals surface area contributed by atoms with Crippen LogP contribution in [0.15, 0.2) is 77.6 Å². The average molecular weight is 404 g/mol. The van der Waals surface area contributed by atoms with Crippen molar-refractivity contribution in [2.24, 2.45) is 0 Å². The third-order valence-electron chi connectivity index (χ3n) is 4.75. The minimum atomic E-state index is -0.347. The summed E-state index contributed by atoms with van der Waals surface area (Å²) in [5.41, 5.74) is 2.55. The topological polar surface area (TPSA) is 64.0 Å². The molecule has 0 bridgehead atoms. The molecule has 0 aliphatic heterocycles. The molecule has 1 N–H and O–H groups in total. The maximum Gasteiger partial charge on any atom is 0.267 e. The minimum absolute atomic E-state index is 0.188. The zero-order valence-electron chi connectivity index (χ0n) is 15.7. The monoisotopic (exact) mass is 403 g/mol. The Kier molecular flexibility index (Phi) is 5.14. The predicted molar refractivity (Wildman–Crippen MR) is 116 cm³/mol. The fourth-order valence-corrected chi connectivity index (χ4v) is 3.31. The highest BCUT2D eigenvalue weighted by Crippen LogP contribution is 2.23. The normalized spacial score (nSPS) is 10.8. The Labute approximate surface area is 172 Å². The van der Waals surface area contributed by atoms with E-state index in [0.717, 1.165) is 21.9 Å². The molecule has 0 radical (unpaired) electrons. The van der Waals surface area contributed by atoms with E-state index >= 15 is 0 Å². The molecule has 0 aliphatic rings. The molecular formula is C23H18ClN3O2. The first kappa shape index (κ1) is 18.9. The van der Waals surface area contributed by atoms with Gasteiger partial charge in [-0.1, -0.05) is 54.1 Å². The molecule has 1 aromatic heterocycles. The number of halogens is 1. The molecule has 144 valence electrons. The predicted octanol–water partition coefficient (Wildman–Crippen LogP) is 4.66. The first-order chi connectivity index (χ1) is 14.0. The first-order valence-electron chi connectivity index (χ1n) is 9.13. The van der Waals surface area contributed by atoms with Gasteiger partial charge in [0.25, 0.3) is 5.56 Å². The Morgan fingerprint density at radius 1 is 1.00 bits per heavy atom. The van der Waals surface area contributed by atoms with E-state index in [1.54, 1.807) is 24.3 Å². The van der Waals surface area contributed by atoms with Crippen LogP contribution >= 0.6 is 11.6 Å². The number of fused-ring (bicyclic) bond motifs is 1. The Hall–Kier alpha value is -3.44. The van der Waals surface area contributed by atoms with E-state index in [1.807, 2.05) is 49.4 Å². The SMILES string of the molecule is Cc1c(Cl)cccc1NC(=O)Cn1nc(-c2ccc3ccccc3c2)ccc1=O. The van der Waals surface area contributed by atoms with Crippen LogP contribution in [0.25, 0.3) is 22.0 Å². The molecule has 5 nitrogen and oxygen atoms in total. The van der Waals surface area contributed by atoms with Gasteiger partial charge < -0.3 is 5.32 Å². The number of nitrogens with zero attached hydrogens (tertiary/aromatic N) is 2. The lowest BCUT2D eigenvalue weighted by Gasteiger charge is -2.11. The average Bonchev–Trinajstić information content (AvgIpc) is 2.72. The van der Waals surface area contributed by atoms with Gasteiger partial charge in [-0.05, 0) is 47.5 Å². The molecule has 4 rings (SSSR count). The van der Waals surface area contributed by atoms with Crippen LogP contribution in [0.5, 0.6) is 0 Å². The Morgan fingerprint density at radius 2 is 1.79 bits per heavy atom. The molecule has 0 saturated heterocycles. The number of aromatic nitrogens is 2. The number of carbonyl (C=O) groups excluding carboxylic acids is 1. The van der Waals surface area contributed by atoms with Crippen molar-refractivity contribution in [3.05, 3.63) is 93.7 Å². The summed E-state index contributed by atoms with van der Waals surface area (Å²) in [7, 11) is 0. The summed E-state index contributed by atoms with van der Waals surface area (Å²) in [5, 5.41) is 9.95. The summed E-state index contributed by atoms with van der Waals surface area (Å²) in [6, 6.07) is 22.4. The fourth-order valence-electron chi connectivity index (χ4n) is 3.13. The Bertz CT molecular complexity index is 1280. The fraction of sp³-hybridized carbons (Fsp3) is 0.0870. The molecule has 29 heavy (non-hydrogen) atoms. The zero-order valence-corrected chi connectivity index (χ0v) is 16.5. The molecule has 0 saturated carbocycles. The van der Waals surface area contributed by atoms with Crippen molar-refractivity contribution in [1.82, 2.24) is 9.78 Å². The second-order valence-electron chi connectivity index (χ2n) is 6.74. The minimum Gasteiger partial charge on any atom is -0.324 e. The van der Waals surface area contributed by atoms with E-state index in [4.69, 9.17) is 11.6 Å². The number of rotatable bonds is 4. The highest BCUT2D eigenvalue weighted by molar-refractivity contribution is 6.31. The van der Waals surface area contributed by atoms with Gasteiger partial charge in [-0.2, -0.15) is 5.10 Å². The van der Waals surface area contributed by atoms with Crippen LogP contribution in [0, 0.1) is 6.92 Å². The van der Waals surface area contributed by atoms with Gasteiger partial charge in [0.15, 0.2) is 0 Å². The summed E-state index contributed by atoms with van der Waals surface area (Å²) >= 11 is 6.09. The third-order valence-corrected chi connectivity index (χ3v) is 5.16. The van der Waals surface area contributed by atoms with E-state index in [0.29, 0.717) is 16.4 Å². The van der Waals surface area contributed by atoms with Crippen LogP contribution in [0.1, 0.15) is 5.56 Å². The summed E-state index contributed by atoms with van der Waals surface area (Å²) in [5.74, 6) is -0.347. The van der Waals surface area contributed by atoms with Gasteiger partial charge >= 0.3 is 0 Å². The van der Waals surface area contributed by atoms with Crippen molar-refractivity contribution in [3.63, 3.8) is 0 Å². The van der Waals surface area contributed by atoms with Crippen LogP contribution in [0.3, 0.4) is 0 Å². The lowest BCUT2D eigenvalue weighted by molar-refractivity contribution is -0.117. The van der Waals surface area contributed by atoms with Crippen molar-refractivity contribution in [1.29, 1.82) is 0 Å². The van der Waals surface area contributed by atoms with Crippen LogP contribution < -0.4 is 10.9 Å². The van der Waals surface area contributed by atoms with Crippen molar-refractivity contribution < 1.29 is 4.79 Å². The number of nitrogens with one attached hydrogen (secondary N) is 1. The number of amides is 1. The van der Waals surface area contributed by atoms with Gasteiger partial charge in [-0.25, -0.2) is 4.68 Å². The Balaban J connectivity index is 1.60. The lowest BCUT2D eigenvalue weighted by Crippen LogP contribution is -2.29. The molecule has 6 heteroatoms. The zero-order chi connectivity index (χ0) is 20.4. The van der Waals surface area contributed by atoms with Crippen molar-refractivity contribution in [2.45, 2.75) is 13.5 Å². The van der Waals surface area contributed by atoms with E-state index in [-0.39, 0.29) is 18.0 Å². The molecule has 1 amide bonds. The van der Waals surface area contributed by atoms with E-state index < -0.39 is 0 Å². The van der Waals surface area contributed by atoms with Gasteiger partial charge in [0.2, 0.25) is 5.91 Å². The van der Waals surface area contributed by atoms with Crippen molar-refractivity contribution in [2.75, 3.05) is 5.32 Å². The molecule has 0 unspecified atom stereocenters. The van der Waals surface area contributed by atoms with Crippen LogP contribution in [0.4, 0.5) is 5.69 Å². The second-order valence-corrected chi connectivity index (χ2v) is 7.14. The maximum absolute atomic E-state index is 12.5. The van der Waals surface area contributed by atoms with Crippen LogP contribution in [0.2, 0.25) is 5.02 Å². The van der Waals surface area contributed by atoms with Gasteiger partial charge in [-0.15, -0.1) is 0 Å². The number of hydrogen-bond acceptors (Lipinski definition) is 3. The smallest absolute Gasteiger partial charge is 0.267 e. The lowest BCUT2D eigenvalue weighted by atomic mass is 10.1. The number of hydrogen-bond donors (Lipinski definition) is 1. The number of benzene rings is 3. The van der Waals surface area contributed by atoms with E-state index in [9.17, 15) is 9.59 Å². The quantitative estimate of drug-likeness (QED) is 0.538. The third kappa shape index (κ3) is 4.05. The summed E-state index contributed by atoms with van der Waals surface area (Å²) in [6.07, 6.45) is 0. The largest absolute Gasteiger partial charge is 0.324 e. The van der Waals surface area contributed by atoms with Gasteiger partial charge in [0.1, 0.15) is 6.54 Å². The van der Waals surface area contributed by atoms with Gasteiger partial charge in [0, 0.05) is 22.3 Å². The number of anilines is 1. The maximum atomic E-state index is 12.5. The highest BCUT2D eigenvalue weighted by Gasteiger charge is 2.11. The standard InChI is InChI=1S/C23H18ClN3O2/c1-15-19(24)7-4-8-20(15)25-22(28)14-27-23(29)12-11-21(26-27)18-10-9-16-5-2-3-6-17(16)13-18/h2-13H,14H2,1H3,(H,25,28). The molecule has 0 fully saturated rings.